The molecule has 0 saturated carbocycles. The molecular formula is C19H20N2O3S. The molecule has 3 aromatic rings. The Hall–Kier alpha value is -2.57. The molecule has 2 N–H and O–H groups in total. The van der Waals surface area contributed by atoms with Crippen LogP contribution in [-0.2, 0) is 16.6 Å². The van der Waals surface area contributed by atoms with Gasteiger partial charge in [0, 0.05) is 12.1 Å². The van der Waals surface area contributed by atoms with Crippen LogP contribution in [0.4, 0.5) is 5.69 Å². The summed E-state index contributed by atoms with van der Waals surface area (Å²) in [5, 5.41) is 3.07. The molecule has 5 nitrogen and oxygen atoms in total. The molecule has 0 unspecified atom stereocenters. The Balaban J connectivity index is 2.05. The molecule has 0 atom stereocenters. The van der Waals surface area contributed by atoms with Crippen molar-refractivity contribution in [3.05, 3.63) is 72.0 Å². The van der Waals surface area contributed by atoms with Gasteiger partial charge < -0.3 is 9.73 Å². The molecule has 0 radical (unpaired) electrons. The maximum atomic E-state index is 12.7. The SMILES string of the molecule is CNCc1ccc(-c2ccc(C)o2)c(NS(=O)(=O)c2ccccc2)c1. The van der Waals surface area contributed by atoms with Crippen molar-refractivity contribution >= 4 is 15.7 Å². The van der Waals surface area contributed by atoms with E-state index in [9.17, 15) is 8.42 Å². The molecule has 1 heterocycles. The van der Waals surface area contributed by atoms with E-state index >= 15 is 0 Å². The van der Waals surface area contributed by atoms with Crippen molar-refractivity contribution in [2.75, 3.05) is 11.8 Å². The number of hydrogen-bond acceptors (Lipinski definition) is 4. The highest BCUT2D eigenvalue weighted by Crippen LogP contribution is 2.32. The van der Waals surface area contributed by atoms with Crippen LogP contribution in [0.5, 0.6) is 0 Å². The first-order chi connectivity index (χ1) is 12.0. The van der Waals surface area contributed by atoms with Crippen molar-refractivity contribution in [2.45, 2.75) is 18.4 Å². The maximum absolute atomic E-state index is 12.7. The van der Waals surface area contributed by atoms with Gasteiger partial charge >= 0.3 is 0 Å². The summed E-state index contributed by atoms with van der Waals surface area (Å²) < 4.78 is 33.8. The predicted octanol–water partition coefficient (Wildman–Crippen LogP) is 3.78. The molecule has 2 aromatic carbocycles. The van der Waals surface area contributed by atoms with Crippen molar-refractivity contribution in [3.63, 3.8) is 0 Å². The molecule has 0 aliphatic heterocycles. The van der Waals surface area contributed by atoms with Crippen LogP contribution in [-0.4, -0.2) is 15.5 Å². The van der Waals surface area contributed by atoms with Crippen molar-refractivity contribution in [1.29, 1.82) is 0 Å². The minimum absolute atomic E-state index is 0.218. The third kappa shape index (κ3) is 3.92. The van der Waals surface area contributed by atoms with Gasteiger partial charge in [0.15, 0.2) is 0 Å². The second-order valence-corrected chi connectivity index (χ2v) is 7.42. The Morgan fingerprint density at radius 1 is 1.00 bits per heavy atom. The quantitative estimate of drug-likeness (QED) is 0.705. The van der Waals surface area contributed by atoms with Crippen molar-refractivity contribution < 1.29 is 12.8 Å². The van der Waals surface area contributed by atoms with Crippen LogP contribution in [0.15, 0.2) is 70.0 Å². The lowest BCUT2D eigenvalue weighted by Gasteiger charge is -2.13. The second kappa shape index (κ2) is 7.13. The van der Waals surface area contributed by atoms with Gasteiger partial charge in [0.1, 0.15) is 11.5 Å². The Morgan fingerprint density at radius 2 is 1.76 bits per heavy atom. The van der Waals surface area contributed by atoms with Gasteiger partial charge in [0.05, 0.1) is 10.6 Å². The molecule has 0 bridgehead atoms. The number of benzene rings is 2. The summed E-state index contributed by atoms with van der Waals surface area (Å²) in [4.78, 5) is 0.218. The van der Waals surface area contributed by atoms with Crippen LogP contribution in [0.3, 0.4) is 0 Å². The lowest BCUT2D eigenvalue weighted by Crippen LogP contribution is -2.14. The Labute approximate surface area is 147 Å². The van der Waals surface area contributed by atoms with Gasteiger partial charge in [-0.2, -0.15) is 0 Å². The summed E-state index contributed by atoms with van der Waals surface area (Å²) in [6.45, 7) is 2.49. The van der Waals surface area contributed by atoms with Crippen LogP contribution in [0.25, 0.3) is 11.3 Å². The Morgan fingerprint density at radius 3 is 2.40 bits per heavy atom. The number of furan rings is 1. The van der Waals surface area contributed by atoms with Crippen LogP contribution in [0.1, 0.15) is 11.3 Å². The first kappa shape index (κ1) is 17.3. The number of aryl methyl sites for hydroxylation is 1. The van der Waals surface area contributed by atoms with Gasteiger partial charge in [-0.1, -0.05) is 24.3 Å². The molecule has 0 aliphatic rings. The second-order valence-electron chi connectivity index (χ2n) is 5.74. The molecule has 130 valence electrons. The summed E-state index contributed by atoms with van der Waals surface area (Å²) >= 11 is 0. The van der Waals surface area contributed by atoms with E-state index in [4.69, 9.17) is 4.42 Å². The van der Waals surface area contributed by atoms with Gasteiger partial charge in [-0.25, -0.2) is 8.42 Å². The smallest absolute Gasteiger partial charge is 0.261 e. The van der Waals surface area contributed by atoms with E-state index in [2.05, 4.69) is 10.0 Å². The third-order valence-electron chi connectivity index (χ3n) is 3.77. The van der Waals surface area contributed by atoms with Crippen LogP contribution >= 0.6 is 0 Å². The van der Waals surface area contributed by atoms with E-state index in [1.165, 1.54) is 0 Å². The lowest BCUT2D eigenvalue weighted by atomic mass is 10.1. The fourth-order valence-electron chi connectivity index (χ4n) is 2.59. The number of nitrogens with one attached hydrogen (secondary N) is 2. The van der Waals surface area contributed by atoms with Crippen molar-refractivity contribution in [1.82, 2.24) is 5.32 Å². The van der Waals surface area contributed by atoms with E-state index in [1.54, 1.807) is 30.3 Å². The number of rotatable bonds is 6. The zero-order valence-corrected chi connectivity index (χ0v) is 14.9. The van der Waals surface area contributed by atoms with Gasteiger partial charge in [0.2, 0.25) is 0 Å². The van der Waals surface area contributed by atoms with Crippen LogP contribution in [0, 0.1) is 6.92 Å². The van der Waals surface area contributed by atoms with E-state index in [-0.39, 0.29) is 4.90 Å². The topological polar surface area (TPSA) is 71.3 Å². The maximum Gasteiger partial charge on any atom is 0.261 e. The van der Waals surface area contributed by atoms with E-state index in [0.717, 1.165) is 11.3 Å². The largest absolute Gasteiger partial charge is 0.461 e. The zero-order chi connectivity index (χ0) is 17.9. The normalized spacial score (nSPS) is 11.4. The summed E-state index contributed by atoms with van der Waals surface area (Å²) in [6, 6.07) is 17.6. The zero-order valence-electron chi connectivity index (χ0n) is 14.1. The average molecular weight is 356 g/mol. The summed E-state index contributed by atoms with van der Waals surface area (Å²) in [5.41, 5.74) is 2.17. The minimum Gasteiger partial charge on any atom is -0.461 e. The Bertz CT molecular complexity index is 963. The third-order valence-corrected chi connectivity index (χ3v) is 5.15. The predicted molar refractivity (Wildman–Crippen MR) is 98.9 cm³/mol. The molecule has 25 heavy (non-hydrogen) atoms. The van der Waals surface area contributed by atoms with E-state index < -0.39 is 10.0 Å². The van der Waals surface area contributed by atoms with Crippen molar-refractivity contribution in [3.8, 4) is 11.3 Å². The molecule has 6 heteroatoms. The van der Waals surface area contributed by atoms with E-state index in [1.807, 2.05) is 44.3 Å². The highest BCUT2D eigenvalue weighted by atomic mass is 32.2. The first-order valence-corrected chi connectivity index (χ1v) is 9.40. The van der Waals surface area contributed by atoms with Crippen molar-refractivity contribution in [2.24, 2.45) is 0 Å². The molecule has 0 saturated heterocycles. The number of sulfonamides is 1. The van der Waals surface area contributed by atoms with Crippen LogP contribution in [0.2, 0.25) is 0 Å². The molecular weight excluding hydrogens is 336 g/mol. The lowest BCUT2D eigenvalue weighted by molar-refractivity contribution is 0.548. The molecule has 0 aliphatic carbocycles. The number of anilines is 1. The molecule has 0 amide bonds. The summed E-state index contributed by atoms with van der Waals surface area (Å²) in [5.74, 6) is 1.39. The van der Waals surface area contributed by atoms with E-state index in [0.29, 0.717) is 23.6 Å². The fourth-order valence-corrected chi connectivity index (χ4v) is 3.68. The summed E-state index contributed by atoms with van der Waals surface area (Å²) in [7, 11) is -1.84. The summed E-state index contributed by atoms with van der Waals surface area (Å²) in [6.07, 6.45) is 0. The monoisotopic (exact) mass is 356 g/mol. The Kier molecular flexibility index (Phi) is 4.92. The number of hydrogen-bond donors (Lipinski definition) is 2. The molecule has 1 aromatic heterocycles. The molecule has 0 spiro atoms. The van der Waals surface area contributed by atoms with Gasteiger partial charge in [-0.05, 0) is 55.9 Å². The van der Waals surface area contributed by atoms with Crippen LogP contribution < -0.4 is 10.0 Å². The van der Waals surface area contributed by atoms with Gasteiger partial charge in [-0.15, -0.1) is 0 Å². The highest BCUT2D eigenvalue weighted by Gasteiger charge is 2.18. The molecule has 0 fully saturated rings. The average Bonchev–Trinajstić information content (AvgIpc) is 3.02. The first-order valence-electron chi connectivity index (χ1n) is 7.92. The molecule has 3 rings (SSSR count). The highest BCUT2D eigenvalue weighted by molar-refractivity contribution is 7.92. The fraction of sp³-hybridized carbons (Fsp3) is 0.158. The minimum atomic E-state index is -3.68. The van der Waals surface area contributed by atoms with Gasteiger partial charge in [-0.3, -0.25) is 4.72 Å². The standard InChI is InChI=1S/C19H20N2O3S/c1-14-8-11-19(24-14)17-10-9-15(13-20-2)12-18(17)21-25(22,23)16-6-4-3-5-7-16/h3-12,20-21H,13H2,1-2H3. The van der Waals surface area contributed by atoms with Gasteiger partial charge in [0.25, 0.3) is 10.0 Å².